The Hall–Kier alpha value is -1.58. The van der Waals surface area contributed by atoms with Crippen LogP contribution in [-0.4, -0.2) is 17.0 Å². The molecule has 2 rings (SSSR count). The Morgan fingerprint density at radius 2 is 2.06 bits per heavy atom. The van der Waals surface area contributed by atoms with Crippen molar-refractivity contribution in [2.45, 2.75) is 39.2 Å². The lowest BCUT2D eigenvalue weighted by Gasteiger charge is -2.25. The number of ether oxygens (including phenoxy) is 1. The van der Waals surface area contributed by atoms with Crippen LogP contribution >= 0.6 is 0 Å². The first-order valence-corrected chi connectivity index (χ1v) is 5.37. The van der Waals surface area contributed by atoms with E-state index in [-0.39, 0.29) is 11.3 Å². The zero-order valence-electron chi connectivity index (χ0n) is 10.00. The van der Waals surface area contributed by atoms with Crippen molar-refractivity contribution in [3.05, 3.63) is 17.8 Å². The molecule has 0 spiro atoms. The largest absolute Gasteiger partial charge is 0.477 e. The SMILES string of the molecule is CC1Oc2ccc(C(C)(C)C)nc2NC1=O. The van der Waals surface area contributed by atoms with Gasteiger partial charge in [-0.15, -0.1) is 0 Å². The minimum absolute atomic E-state index is 0.0389. The highest BCUT2D eigenvalue weighted by molar-refractivity contribution is 5.96. The molecule has 0 fully saturated rings. The van der Waals surface area contributed by atoms with E-state index in [4.69, 9.17) is 4.74 Å². The number of hydrogen-bond acceptors (Lipinski definition) is 3. The van der Waals surface area contributed by atoms with Crippen LogP contribution in [0.5, 0.6) is 5.75 Å². The Morgan fingerprint density at radius 1 is 1.38 bits per heavy atom. The standard InChI is InChI=1S/C12H16N2O2/c1-7-11(15)14-10-8(16-7)5-6-9(13-10)12(2,3)4/h5-7H,1-4H3,(H,13,14,15). The molecule has 4 heteroatoms. The first kappa shape index (κ1) is 10.9. The fourth-order valence-electron chi connectivity index (χ4n) is 1.51. The van der Waals surface area contributed by atoms with Gasteiger partial charge in [0.05, 0.1) is 0 Å². The second-order valence-electron chi connectivity index (χ2n) is 5.04. The van der Waals surface area contributed by atoms with Crippen molar-refractivity contribution in [2.24, 2.45) is 0 Å². The molecule has 4 nitrogen and oxygen atoms in total. The van der Waals surface area contributed by atoms with Crippen LogP contribution in [0, 0.1) is 0 Å². The van der Waals surface area contributed by atoms with E-state index in [1.807, 2.05) is 12.1 Å². The second-order valence-corrected chi connectivity index (χ2v) is 5.04. The van der Waals surface area contributed by atoms with E-state index in [2.05, 4.69) is 31.1 Å². The number of anilines is 1. The third kappa shape index (κ3) is 1.87. The van der Waals surface area contributed by atoms with Gasteiger partial charge in [0.2, 0.25) is 0 Å². The van der Waals surface area contributed by atoms with Crippen LogP contribution in [0.3, 0.4) is 0 Å². The van der Waals surface area contributed by atoms with Crippen LogP contribution in [0.4, 0.5) is 5.82 Å². The number of rotatable bonds is 0. The van der Waals surface area contributed by atoms with Crippen molar-refractivity contribution < 1.29 is 9.53 Å². The third-order valence-electron chi connectivity index (χ3n) is 2.54. The van der Waals surface area contributed by atoms with Gasteiger partial charge in [0, 0.05) is 11.1 Å². The predicted molar refractivity (Wildman–Crippen MR) is 61.7 cm³/mol. The van der Waals surface area contributed by atoms with Crippen LogP contribution in [0.25, 0.3) is 0 Å². The molecule has 16 heavy (non-hydrogen) atoms. The summed E-state index contributed by atoms with van der Waals surface area (Å²) in [5.74, 6) is 1.02. The number of carbonyl (C=O) groups is 1. The van der Waals surface area contributed by atoms with Gasteiger partial charge in [-0.1, -0.05) is 20.8 Å². The minimum Gasteiger partial charge on any atom is -0.477 e. The zero-order valence-corrected chi connectivity index (χ0v) is 10.00. The maximum absolute atomic E-state index is 11.4. The molecule has 0 aromatic carbocycles. The van der Waals surface area contributed by atoms with Crippen LogP contribution in [-0.2, 0) is 10.2 Å². The van der Waals surface area contributed by atoms with Gasteiger partial charge in [-0.2, -0.15) is 0 Å². The van der Waals surface area contributed by atoms with Gasteiger partial charge in [0.15, 0.2) is 17.7 Å². The van der Waals surface area contributed by atoms with Crippen molar-refractivity contribution in [1.82, 2.24) is 4.98 Å². The molecule has 2 heterocycles. The van der Waals surface area contributed by atoms with Crippen LogP contribution in [0.2, 0.25) is 0 Å². The smallest absolute Gasteiger partial charge is 0.266 e. The molecule has 1 aliphatic heterocycles. The lowest BCUT2D eigenvalue weighted by molar-refractivity contribution is -0.122. The van der Waals surface area contributed by atoms with E-state index >= 15 is 0 Å². The molecule has 0 saturated heterocycles. The molecular weight excluding hydrogens is 204 g/mol. The lowest BCUT2D eigenvalue weighted by atomic mass is 9.91. The highest BCUT2D eigenvalue weighted by atomic mass is 16.5. The van der Waals surface area contributed by atoms with Gasteiger partial charge in [0.25, 0.3) is 5.91 Å². The molecule has 1 amide bonds. The van der Waals surface area contributed by atoms with Crippen molar-refractivity contribution in [3.63, 3.8) is 0 Å². The summed E-state index contributed by atoms with van der Waals surface area (Å²) in [5.41, 5.74) is 0.896. The minimum atomic E-state index is -0.449. The normalized spacial score (nSPS) is 19.8. The Bertz CT molecular complexity index is 435. The van der Waals surface area contributed by atoms with E-state index in [1.165, 1.54) is 0 Å². The molecule has 1 aromatic heterocycles. The van der Waals surface area contributed by atoms with Gasteiger partial charge in [-0.05, 0) is 19.1 Å². The number of carbonyl (C=O) groups excluding carboxylic acids is 1. The molecule has 1 atom stereocenters. The Kier molecular flexibility index (Phi) is 2.37. The van der Waals surface area contributed by atoms with E-state index < -0.39 is 6.10 Å². The van der Waals surface area contributed by atoms with Crippen LogP contribution in [0.15, 0.2) is 12.1 Å². The predicted octanol–water partition coefficient (Wildman–Crippen LogP) is 2.10. The number of fused-ring (bicyclic) bond motifs is 1. The summed E-state index contributed by atoms with van der Waals surface area (Å²) in [6, 6.07) is 3.79. The summed E-state index contributed by atoms with van der Waals surface area (Å²) in [7, 11) is 0. The van der Waals surface area contributed by atoms with Gasteiger partial charge < -0.3 is 10.1 Å². The van der Waals surface area contributed by atoms with Gasteiger partial charge >= 0.3 is 0 Å². The van der Waals surface area contributed by atoms with E-state index in [0.717, 1.165) is 5.69 Å². The van der Waals surface area contributed by atoms with Crippen molar-refractivity contribution >= 4 is 11.7 Å². The molecule has 1 aliphatic rings. The molecule has 0 saturated carbocycles. The number of aromatic nitrogens is 1. The molecular formula is C12H16N2O2. The monoisotopic (exact) mass is 220 g/mol. The number of pyridine rings is 1. The molecule has 0 radical (unpaired) electrons. The van der Waals surface area contributed by atoms with Crippen molar-refractivity contribution in [3.8, 4) is 5.75 Å². The number of nitrogens with one attached hydrogen (secondary N) is 1. The van der Waals surface area contributed by atoms with Gasteiger partial charge in [-0.3, -0.25) is 4.79 Å². The fraction of sp³-hybridized carbons (Fsp3) is 0.500. The van der Waals surface area contributed by atoms with Crippen LogP contribution in [0.1, 0.15) is 33.4 Å². The molecule has 1 N–H and O–H groups in total. The highest BCUT2D eigenvalue weighted by Crippen LogP contribution is 2.31. The van der Waals surface area contributed by atoms with Gasteiger partial charge in [-0.25, -0.2) is 4.98 Å². The average molecular weight is 220 g/mol. The first-order valence-electron chi connectivity index (χ1n) is 5.37. The number of hydrogen-bond donors (Lipinski definition) is 1. The summed E-state index contributed by atoms with van der Waals surface area (Å²) >= 11 is 0. The zero-order chi connectivity index (χ0) is 11.9. The Balaban J connectivity index is 2.40. The van der Waals surface area contributed by atoms with E-state index in [0.29, 0.717) is 11.6 Å². The Morgan fingerprint density at radius 3 is 2.69 bits per heavy atom. The maximum Gasteiger partial charge on any atom is 0.266 e. The van der Waals surface area contributed by atoms with E-state index in [1.54, 1.807) is 6.92 Å². The number of nitrogens with zero attached hydrogens (tertiary/aromatic N) is 1. The molecule has 0 aliphatic carbocycles. The van der Waals surface area contributed by atoms with Crippen molar-refractivity contribution in [2.75, 3.05) is 5.32 Å². The first-order chi connectivity index (χ1) is 7.38. The topological polar surface area (TPSA) is 51.2 Å². The van der Waals surface area contributed by atoms with Crippen molar-refractivity contribution in [1.29, 1.82) is 0 Å². The Labute approximate surface area is 95.0 Å². The average Bonchev–Trinajstić information content (AvgIpc) is 2.17. The quantitative estimate of drug-likeness (QED) is 0.728. The lowest BCUT2D eigenvalue weighted by Crippen LogP contribution is -2.35. The summed E-state index contributed by atoms with van der Waals surface area (Å²) in [6.07, 6.45) is -0.449. The molecule has 1 unspecified atom stereocenters. The fourth-order valence-corrected chi connectivity index (χ4v) is 1.51. The molecule has 0 bridgehead atoms. The molecule has 86 valence electrons. The third-order valence-corrected chi connectivity index (χ3v) is 2.54. The van der Waals surface area contributed by atoms with Crippen LogP contribution < -0.4 is 10.1 Å². The second kappa shape index (κ2) is 3.47. The highest BCUT2D eigenvalue weighted by Gasteiger charge is 2.26. The summed E-state index contributed by atoms with van der Waals surface area (Å²) in [5, 5.41) is 2.75. The van der Waals surface area contributed by atoms with Gasteiger partial charge in [0.1, 0.15) is 0 Å². The molecule has 1 aromatic rings. The van der Waals surface area contributed by atoms with E-state index in [9.17, 15) is 4.79 Å². The summed E-state index contributed by atoms with van der Waals surface area (Å²) in [4.78, 5) is 15.9. The maximum atomic E-state index is 11.4. The summed E-state index contributed by atoms with van der Waals surface area (Å²) < 4.78 is 5.44. The number of amides is 1. The summed E-state index contributed by atoms with van der Waals surface area (Å²) in [6.45, 7) is 7.96.